The second kappa shape index (κ2) is 11.8. The van der Waals surface area contributed by atoms with E-state index < -0.39 is 87.4 Å². The molecule has 13 nitrogen and oxygen atoms in total. The first-order valence-corrected chi connectivity index (χ1v) is 15.2. The number of hydrogen-bond acceptors (Lipinski definition) is 11. The molecule has 2 aromatic carbocycles. The number of carbonyl (C=O) groups is 4. The lowest BCUT2D eigenvalue weighted by molar-refractivity contribution is -0.160. The molecule has 1 fully saturated rings. The van der Waals surface area contributed by atoms with Crippen LogP contribution in [0, 0.1) is 0 Å². The van der Waals surface area contributed by atoms with Crippen LogP contribution in [0.15, 0.2) is 64.9 Å². The number of ether oxygens (including phenoxy) is 1. The lowest BCUT2D eigenvalue weighted by atomic mass is 9.92. The minimum Gasteiger partial charge on any atom is -0.456 e. The van der Waals surface area contributed by atoms with Gasteiger partial charge in [-0.25, -0.2) is 4.79 Å². The van der Waals surface area contributed by atoms with Crippen molar-refractivity contribution in [1.29, 1.82) is 0 Å². The van der Waals surface area contributed by atoms with Crippen molar-refractivity contribution in [2.75, 3.05) is 12.9 Å². The maximum absolute atomic E-state index is 13.5. The number of hydrogen-bond donors (Lipinski definition) is 0. The molecule has 0 saturated carbocycles. The number of halogens is 3. The SMILES string of the molecule is CC1=C(N2C(=O)[C@@H](N3C(=O)c4ccccc4C3=O)[C@H]2COS(C)(=O)=O)C(=O)OCc2ccccc2S(=O)(=O)O1.FC(F)F. The van der Waals surface area contributed by atoms with Gasteiger partial charge < -0.3 is 8.92 Å². The average molecular weight is 647 g/mol. The zero-order chi connectivity index (χ0) is 31.9. The van der Waals surface area contributed by atoms with Crippen LogP contribution in [0.1, 0.15) is 33.2 Å². The molecule has 0 radical (unpaired) electrons. The van der Waals surface area contributed by atoms with E-state index in [1.54, 1.807) is 0 Å². The number of allylic oxidation sites excluding steroid dienone is 1. The van der Waals surface area contributed by atoms with E-state index in [2.05, 4.69) is 0 Å². The van der Waals surface area contributed by atoms with E-state index >= 15 is 0 Å². The number of fused-ring (bicyclic) bond motifs is 2. The largest absolute Gasteiger partial charge is 0.456 e. The molecular formula is C25H21F3N2O11S2. The Morgan fingerprint density at radius 3 is 2.05 bits per heavy atom. The molecule has 0 aliphatic carbocycles. The summed E-state index contributed by atoms with van der Waals surface area (Å²) < 4.78 is 93.8. The molecule has 2 atom stereocenters. The van der Waals surface area contributed by atoms with Gasteiger partial charge in [-0.2, -0.15) is 30.0 Å². The normalized spacial score (nSPS) is 21.4. The molecular weight excluding hydrogens is 625 g/mol. The summed E-state index contributed by atoms with van der Waals surface area (Å²) in [6.07, 6.45) is 0.751. The Kier molecular flexibility index (Phi) is 8.66. The minimum atomic E-state index is -4.48. The molecule has 3 amide bonds. The quantitative estimate of drug-likeness (QED) is 0.201. The van der Waals surface area contributed by atoms with Gasteiger partial charge in [-0.05, 0) is 25.1 Å². The van der Waals surface area contributed by atoms with Crippen molar-refractivity contribution < 1.29 is 62.3 Å². The molecule has 0 unspecified atom stereocenters. The molecule has 2 aromatic rings. The van der Waals surface area contributed by atoms with Crippen molar-refractivity contribution in [1.82, 2.24) is 9.80 Å². The van der Waals surface area contributed by atoms with Gasteiger partial charge in [0.05, 0.1) is 30.0 Å². The van der Waals surface area contributed by atoms with Crippen LogP contribution in [-0.2, 0) is 49.5 Å². The maximum Gasteiger partial charge on any atom is 0.379 e. The summed E-state index contributed by atoms with van der Waals surface area (Å²) >= 11 is 0. The second-order valence-electron chi connectivity index (χ2n) is 9.11. The summed E-state index contributed by atoms with van der Waals surface area (Å²) in [5, 5.41) is 0. The third kappa shape index (κ3) is 6.25. The Hall–Kier alpha value is -4.29. The Labute approximate surface area is 242 Å². The fraction of sp³-hybridized carbons (Fsp3) is 0.280. The third-order valence-electron chi connectivity index (χ3n) is 6.35. The molecule has 3 aliphatic rings. The number of amides is 3. The van der Waals surface area contributed by atoms with Crippen LogP contribution >= 0.6 is 0 Å². The Morgan fingerprint density at radius 1 is 0.953 bits per heavy atom. The Bertz CT molecular complexity index is 1720. The number of esters is 1. The Morgan fingerprint density at radius 2 is 1.49 bits per heavy atom. The van der Waals surface area contributed by atoms with Crippen LogP contribution in [0.2, 0.25) is 0 Å². The highest BCUT2D eigenvalue weighted by Crippen LogP contribution is 2.37. The van der Waals surface area contributed by atoms with E-state index in [4.69, 9.17) is 13.1 Å². The van der Waals surface area contributed by atoms with E-state index in [0.29, 0.717) is 4.90 Å². The van der Waals surface area contributed by atoms with Gasteiger partial charge in [-0.3, -0.25) is 28.4 Å². The summed E-state index contributed by atoms with van der Waals surface area (Å²) in [7, 11) is -8.56. The summed E-state index contributed by atoms with van der Waals surface area (Å²) in [4.78, 5) is 53.9. The third-order valence-corrected chi connectivity index (χ3v) is 8.32. The number of likely N-dealkylation sites (tertiary alicyclic amines) is 1. The molecule has 1 saturated heterocycles. The van der Waals surface area contributed by atoms with Crippen molar-refractivity contribution in [3.8, 4) is 0 Å². The predicted octanol–water partition coefficient (Wildman–Crippen LogP) is 1.71. The standard InChI is InChI=1S/C24H20N2O11S2.CHF3/c1-13-19(24(30)35-11-14-7-3-6-10-18(14)39(33,34)37-13)25-17(12-36-38(2,31)32)20(23(25)29)26-21(27)15-8-4-5-9-16(15)22(26)28;2-1(3)4/h3-10,17,20H,11-12H2,1-2H3;1H/t17-,20+;/m1./s1. The minimum absolute atomic E-state index is 0.0426. The number of carbonyl (C=O) groups excluding carboxylic acids is 4. The number of nitrogens with zero attached hydrogens (tertiary/aromatic N) is 2. The molecule has 43 heavy (non-hydrogen) atoms. The van der Waals surface area contributed by atoms with Crippen molar-refractivity contribution in [3.05, 3.63) is 76.7 Å². The summed E-state index contributed by atoms with van der Waals surface area (Å²) in [6.45, 7) is -3.80. The molecule has 0 bridgehead atoms. The molecule has 0 N–H and O–H groups in total. The molecule has 5 rings (SSSR count). The number of benzene rings is 2. The average Bonchev–Trinajstić information content (AvgIpc) is 3.17. The van der Waals surface area contributed by atoms with Gasteiger partial charge in [0.15, 0.2) is 5.70 Å². The predicted molar refractivity (Wildman–Crippen MR) is 136 cm³/mol. The highest BCUT2D eigenvalue weighted by Gasteiger charge is 2.59. The van der Waals surface area contributed by atoms with Crippen LogP contribution in [0.4, 0.5) is 13.2 Å². The van der Waals surface area contributed by atoms with Crippen molar-refractivity contribution >= 4 is 43.9 Å². The first-order valence-electron chi connectivity index (χ1n) is 12.0. The first kappa shape index (κ1) is 31.6. The Balaban J connectivity index is 0.000000996. The number of imide groups is 1. The number of rotatable bonds is 5. The van der Waals surface area contributed by atoms with Gasteiger partial charge >= 0.3 is 22.8 Å². The van der Waals surface area contributed by atoms with Gasteiger partial charge in [0.2, 0.25) is 0 Å². The topological polar surface area (TPSA) is 171 Å². The van der Waals surface area contributed by atoms with E-state index in [0.717, 1.165) is 18.1 Å². The number of β-lactam (4-membered cyclic amide) rings is 1. The molecule has 18 heteroatoms. The van der Waals surface area contributed by atoms with Crippen LogP contribution in [0.5, 0.6) is 0 Å². The smallest absolute Gasteiger partial charge is 0.379 e. The number of cyclic esters (lactones) is 1. The van der Waals surface area contributed by atoms with Crippen molar-refractivity contribution in [3.63, 3.8) is 0 Å². The van der Waals surface area contributed by atoms with Crippen LogP contribution in [0.25, 0.3) is 0 Å². The van der Waals surface area contributed by atoms with E-state index in [1.165, 1.54) is 48.5 Å². The van der Waals surface area contributed by atoms with E-state index in [9.17, 15) is 49.2 Å². The van der Waals surface area contributed by atoms with Gasteiger partial charge in [-0.15, -0.1) is 0 Å². The van der Waals surface area contributed by atoms with Crippen molar-refractivity contribution in [2.45, 2.75) is 37.2 Å². The van der Waals surface area contributed by atoms with Gasteiger partial charge in [0, 0.05) is 5.56 Å². The first-order chi connectivity index (χ1) is 20.0. The molecule has 0 aromatic heterocycles. The monoisotopic (exact) mass is 646 g/mol. The molecule has 230 valence electrons. The molecule has 0 spiro atoms. The lowest BCUT2D eigenvalue weighted by Gasteiger charge is -2.49. The molecule has 3 heterocycles. The van der Waals surface area contributed by atoms with E-state index in [-0.39, 0.29) is 21.6 Å². The molecule has 3 aliphatic heterocycles. The fourth-order valence-corrected chi connectivity index (χ4v) is 6.22. The van der Waals surface area contributed by atoms with Crippen LogP contribution in [-0.4, -0.2) is 82.0 Å². The zero-order valence-corrected chi connectivity index (χ0v) is 23.7. The van der Waals surface area contributed by atoms with Gasteiger partial charge in [-0.1, -0.05) is 30.3 Å². The van der Waals surface area contributed by atoms with Gasteiger partial charge in [0.1, 0.15) is 23.3 Å². The number of alkyl halides is 3. The maximum atomic E-state index is 13.5. The van der Waals surface area contributed by atoms with E-state index in [1.807, 2.05) is 0 Å². The summed E-state index contributed by atoms with van der Waals surface area (Å²) in [5.74, 6) is -4.27. The highest BCUT2D eigenvalue weighted by molar-refractivity contribution is 7.87. The van der Waals surface area contributed by atoms with Gasteiger partial charge in [0.25, 0.3) is 27.8 Å². The highest BCUT2D eigenvalue weighted by atomic mass is 32.2. The second-order valence-corrected chi connectivity index (χ2v) is 12.3. The fourth-order valence-electron chi connectivity index (χ4n) is 4.65. The zero-order valence-electron chi connectivity index (χ0n) is 22.1. The lowest BCUT2D eigenvalue weighted by Crippen LogP contribution is -2.73. The van der Waals surface area contributed by atoms with Crippen LogP contribution < -0.4 is 0 Å². The van der Waals surface area contributed by atoms with Crippen LogP contribution in [0.3, 0.4) is 0 Å². The summed E-state index contributed by atoms with van der Waals surface area (Å²) in [5.41, 5.74) is -0.441. The summed E-state index contributed by atoms with van der Waals surface area (Å²) in [6, 6.07) is 8.55. The van der Waals surface area contributed by atoms with Crippen molar-refractivity contribution in [2.24, 2.45) is 0 Å².